The monoisotopic (exact) mass is 404 g/mol. The summed E-state index contributed by atoms with van der Waals surface area (Å²) in [4.78, 5) is 37.0. The van der Waals surface area contributed by atoms with Crippen LogP contribution in [0.15, 0.2) is 55.6 Å². The Kier molecular flexibility index (Phi) is 4.19. The lowest BCUT2D eigenvalue weighted by atomic mass is 10.2. The van der Waals surface area contributed by atoms with Crippen LogP contribution in [0.5, 0.6) is 5.75 Å². The minimum absolute atomic E-state index is 0.0273. The summed E-state index contributed by atoms with van der Waals surface area (Å²) in [7, 11) is 0. The molecule has 0 unspecified atom stereocenters. The molecular formula is C15H9BrN4O5. The maximum absolute atomic E-state index is 12.3. The third-order valence-electron chi connectivity index (χ3n) is 3.38. The molecule has 1 aromatic heterocycles. The highest BCUT2D eigenvalue weighted by Gasteiger charge is 2.17. The lowest BCUT2D eigenvalue weighted by molar-refractivity contribution is -0.385. The van der Waals surface area contributed by atoms with Gasteiger partial charge < -0.3 is 10.1 Å². The molecule has 0 fully saturated rings. The van der Waals surface area contributed by atoms with Crippen LogP contribution in [-0.2, 0) is 0 Å². The number of phenolic OH excluding ortho intramolecular Hbond substituents is 1. The van der Waals surface area contributed by atoms with Crippen molar-refractivity contribution in [2.75, 3.05) is 0 Å². The normalized spacial score (nSPS) is 11.2. The Bertz CT molecular complexity index is 1150. The first kappa shape index (κ1) is 16.6. The van der Waals surface area contributed by atoms with Gasteiger partial charge in [-0.15, -0.1) is 4.68 Å². The second kappa shape index (κ2) is 6.32. The third kappa shape index (κ3) is 3.06. The van der Waals surface area contributed by atoms with E-state index in [1.165, 1.54) is 12.1 Å². The number of phenols is 1. The summed E-state index contributed by atoms with van der Waals surface area (Å²) in [6, 6.07) is 8.91. The van der Waals surface area contributed by atoms with E-state index in [0.717, 1.165) is 12.3 Å². The van der Waals surface area contributed by atoms with Crippen molar-refractivity contribution in [3.8, 4) is 5.75 Å². The average molecular weight is 405 g/mol. The Labute approximate surface area is 147 Å². The Morgan fingerprint density at radius 1 is 1.28 bits per heavy atom. The topological polar surface area (TPSA) is 131 Å². The van der Waals surface area contributed by atoms with Crippen LogP contribution >= 0.6 is 15.9 Å². The number of rotatable bonds is 3. The van der Waals surface area contributed by atoms with Gasteiger partial charge in [0.1, 0.15) is 0 Å². The number of aromatic hydroxyl groups is 1. The minimum Gasteiger partial charge on any atom is -0.502 e. The molecule has 0 aliphatic carbocycles. The number of para-hydroxylation sites is 1. The highest BCUT2D eigenvalue weighted by atomic mass is 79.9. The van der Waals surface area contributed by atoms with Crippen LogP contribution < -0.4 is 11.2 Å². The van der Waals surface area contributed by atoms with E-state index in [2.05, 4.69) is 26.0 Å². The van der Waals surface area contributed by atoms with Crippen LogP contribution in [0.3, 0.4) is 0 Å². The zero-order chi connectivity index (χ0) is 18.1. The van der Waals surface area contributed by atoms with Crippen LogP contribution in [0.2, 0.25) is 0 Å². The fourth-order valence-corrected chi connectivity index (χ4v) is 2.68. The van der Waals surface area contributed by atoms with Gasteiger partial charge in [0.2, 0.25) is 5.75 Å². The largest absolute Gasteiger partial charge is 0.502 e. The second-order valence-corrected chi connectivity index (χ2v) is 5.87. The molecule has 1 heterocycles. The Balaban J connectivity index is 2.16. The molecule has 126 valence electrons. The lowest BCUT2D eigenvalue weighted by Gasteiger charge is -2.03. The molecular weight excluding hydrogens is 396 g/mol. The van der Waals surface area contributed by atoms with Crippen molar-refractivity contribution >= 4 is 38.7 Å². The van der Waals surface area contributed by atoms with Gasteiger partial charge in [-0.25, -0.2) is 4.79 Å². The molecule has 0 saturated carbocycles. The third-order valence-corrected chi connectivity index (χ3v) is 3.83. The van der Waals surface area contributed by atoms with Gasteiger partial charge in [0.15, 0.2) is 0 Å². The fourth-order valence-electron chi connectivity index (χ4n) is 2.22. The first-order valence-corrected chi connectivity index (χ1v) is 7.63. The molecule has 0 atom stereocenters. The van der Waals surface area contributed by atoms with E-state index in [9.17, 15) is 24.8 Å². The van der Waals surface area contributed by atoms with Crippen LogP contribution in [0, 0.1) is 10.1 Å². The van der Waals surface area contributed by atoms with E-state index in [0.29, 0.717) is 14.7 Å². The number of halogens is 1. The van der Waals surface area contributed by atoms with Gasteiger partial charge in [-0.1, -0.05) is 28.1 Å². The molecule has 3 rings (SSSR count). The summed E-state index contributed by atoms with van der Waals surface area (Å²) in [5.74, 6) is -0.623. The second-order valence-electron chi connectivity index (χ2n) is 4.96. The lowest BCUT2D eigenvalue weighted by Crippen LogP contribution is -2.32. The van der Waals surface area contributed by atoms with Gasteiger partial charge in [0, 0.05) is 16.1 Å². The van der Waals surface area contributed by atoms with Crippen molar-refractivity contribution in [3.05, 3.63) is 77.4 Å². The maximum Gasteiger partial charge on any atom is 0.349 e. The van der Waals surface area contributed by atoms with Crippen LogP contribution in [0.4, 0.5) is 5.69 Å². The Morgan fingerprint density at radius 3 is 2.72 bits per heavy atom. The smallest absolute Gasteiger partial charge is 0.349 e. The molecule has 0 radical (unpaired) electrons. The van der Waals surface area contributed by atoms with Crippen LogP contribution in [0.1, 0.15) is 5.56 Å². The predicted octanol–water partition coefficient (Wildman–Crippen LogP) is 1.95. The van der Waals surface area contributed by atoms with Crippen molar-refractivity contribution < 1.29 is 10.0 Å². The number of aromatic amines is 1. The van der Waals surface area contributed by atoms with Gasteiger partial charge >= 0.3 is 11.4 Å². The Morgan fingerprint density at radius 2 is 2.00 bits per heavy atom. The Hall–Kier alpha value is -3.27. The molecule has 9 nitrogen and oxygen atoms in total. The van der Waals surface area contributed by atoms with E-state index in [1.54, 1.807) is 18.2 Å². The summed E-state index contributed by atoms with van der Waals surface area (Å²) in [6.07, 6.45) is 0.999. The molecule has 10 heteroatoms. The molecule has 0 amide bonds. The zero-order valence-corrected chi connectivity index (χ0v) is 13.9. The number of nitrogens with zero attached hydrogens (tertiary/aromatic N) is 3. The molecule has 25 heavy (non-hydrogen) atoms. The highest BCUT2D eigenvalue weighted by Crippen LogP contribution is 2.32. The zero-order valence-electron chi connectivity index (χ0n) is 12.3. The van der Waals surface area contributed by atoms with E-state index in [1.807, 2.05) is 0 Å². The molecule has 2 N–H and O–H groups in total. The van der Waals surface area contributed by atoms with E-state index < -0.39 is 27.6 Å². The summed E-state index contributed by atoms with van der Waals surface area (Å²) in [6.45, 7) is 0. The number of nitrogens with one attached hydrogen (secondary N) is 1. The number of fused-ring (bicyclic) bond motifs is 1. The summed E-state index contributed by atoms with van der Waals surface area (Å²) in [5.41, 5.74) is -1.62. The van der Waals surface area contributed by atoms with Crippen molar-refractivity contribution in [1.82, 2.24) is 9.66 Å². The average Bonchev–Trinajstić information content (AvgIpc) is 2.57. The fraction of sp³-hybridized carbons (Fsp3) is 0. The van der Waals surface area contributed by atoms with Gasteiger partial charge in [-0.2, -0.15) is 5.10 Å². The summed E-state index contributed by atoms with van der Waals surface area (Å²) >= 11 is 3.09. The van der Waals surface area contributed by atoms with E-state index >= 15 is 0 Å². The predicted molar refractivity (Wildman–Crippen MR) is 94.3 cm³/mol. The van der Waals surface area contributed by atoms with Crippen LogP contribution in [-0.4, -0.2) is 25.9 Å². The number of aromatic nitrogens is 2. The molecule has 3 aromatic rings. The maximum atomic E-state index is 12.3. The first-order valence-electron chi connectivity index (χ1n) is 6.84. The standard InChI is InChI=1S/C15H9BrN4O5/c16-9-5-8(13(21)12(6-9)20(24)25)7-17-19-14(22)10-3-1-2-4-11(10)18-15(19)23/h1-7,21H,(H,18,23)/b17-7+. The van der Waals surface area contributed by atoms with Gasteiger partial charge in [0.25, 0.3) is 5.56 Å². The number of hydrogen-bond acceptors (Lipinski definition) is 6. The SMILES string of the molecule is O=c1[nH]c2ccccc2c(=O)n1/N=C/c1cc(Br)cc([N+](=O)[O-])c1O. The molecule has 0 spiro atoms. The number of benzene rings is 2. The highest BCUT2D eigenvalue weighted by molar-refractivity contribution is 9.10. The number of hydrogen-bond donors (Lipinski definition) is 2. The minimum atomic E-state index is -0.774. The number of nitro groups is 1. The summed E-state index contributed by atoms with van der Waals surface area (Å²) in [5, 5.41) is 24.9. The molecule has 0 saturated heterocycles. The van der Waals surface area contributed by atoms with E-state index in [4.69, 9.17) is 0 Å². The van der Waals surface area contributed by atoms with E-state index in [-0.39, 0.29) is 10.9 Å². The van der Waals surface area contributed by atoms with Gasteiger partial charge in [0.05, 0.1) is 22.0 Å². The van der Waals surface area contributed by atoms with Gasteiger partial charge in [-0.05, 0) is 18.2 Å². The summed E-state index contributed by atoms with van der Waals surface area (Å²) < 4.78 is 0.910. The quantitative estimate of drug-likeness (QED) is 0.391. The van der Waals surface area contributed by atoms with Crippen LogP contribution in [0.25, 0.3) is 10.9 Å². The number of nitro benzene ring substituents is 1. The molecule has 0 aliphatic heterocycles. The first-order chi connectivity index (χ1) is 11.9. The number of H-pyrrole nitrogens is 1. The molecule has 0 aliphatic rings. The molecule has 2 aromatic carbocycles. The van der Waals surface area contributed by atoms with Gasteiger partial charge in [-0.3, -0.25) is 14.9 Å². The van der Waals surface area contributed by atoms with Crippen molar-refractivity contribution in [2.24, 2.45) is 5.10 Å². The molecule has 0 bridgehead atoms. The van der Waals surface area contributed by atoms with Crippen molar-refractivity contribution in [2.45, 2.75) is 0 Å². The van der Waals surface area contributed by atoms with Crippen molar-refractivity contribution in [1.29, 1.82) is 0 Å². The van der Waals surface area contributed by atoms with Crippen molar-refractivity contribution in [3.63, 3.8) is 0 Å².